The number of anilines is 1. The summed E-state index contributed by atoms with van der Waals surface area (Å²) in [4.78, 5) is 11.5. The van der Waals surface area contributed by atoms with Crippen molar-refractivity contribution in [3.05, 3.63) is 29.0 Å². The van der Waals surface area contributed by atoms with Crippen LogP contribution in [0.1, 0.15) is 6.92 Å². The van der Waals surface area contributed by atoms with Gasteiger partial charge in [0, 0.05) is 10.9 Å². The normalized spacial score (nSPS) is 12.2. The van der Waals surface area contributed by atoms with Crippen LogP contribution in [0.15, 0.2) is 18.2 Å². The lowest BCUT2D eigenvalue weighted by Gasteiger charge is -2.08. The number of aliphatic hydroxyl groups is 1. The minimum absolute atomic E-state index is 0.0116. The molecule has 1 aromatic rings. The van der Waals surface area contributed by atoms with Crippen molar-refractivity contribution in [1.82, 2.24) is 0 Å². The Morgan fingerprint density at radius 3 is 2.94 bits per heavy atom. The van der Waals surface area contributed by atoms with E-state index < -0.39 is 5.82 Å². The van der Waals surface area contributed by atoms with Gasteiger partial charge in [-0.1, -0.05) is 18.5 Å². The van der Waals surface area contributed by atoms with Crippen molar-refractivity contribution in [1.29, 1.82) is 0 Å². The molecule has 0 saturated heterocycles. The fourth-order valence-electron chi connectivity index (χ4n) is 1.04. The van der Waals surface area contributed by atoms with Crippen molar-refractivity contribution in [3.8, 4) is 0 Å². The highest BCUT2D eigenvalue weighted by molar-refractivity contribution is 8.00. The fraction of sp³-hybridized carbons (Fsp3) is 0.364. The number of rotatable bonds is 5. The summed E-state index contributed by atoms with van der Waals surface area (Å²) in [6.45, 7) is 1.85. The van der Waals surface area contributed by atoms with Gasteiger partial charge in [0.1, 0.15) is 5.82 Å². The molecule has 17 heavy (non-hydrogen) atoms. The van der Waals surface area contributed by atoms with Crippen LogP contribution in [0.5, 0.6) is 0 Å². The molecule has 0 aliphatic heterocycles. The number of benzene rings is 1. The molecule has 0 aliphatic rings. The van der Waals surface area contributed by atoms with Crippen LogP contribution in [0.3, 0.4) is 0 Å². The number of amides is 1. The van der Waals surface area contributed by atoms with Gasteiger partial charge < -0.3 is 10.4 Å². The molecule has 3 nitrogen and oxygen atoms in total. The first kappa shape index (κ1) is 14.3. The number of carbonyl (C=O) groups is 1. The molecule has 2 N–H and O–H groups in total. The summed E-state index contributed by atoms with van der Waals surface area (Å²) >= 11 is 6.92. The number of hydrogen-bond donors (Lipinski definition) is 2. The Balaban J connectivity index is 2.48. The van der Waals surface area contributed by atoms with Gasteiger partial charge in [-0.15, -0.1) is 11.8 Å². The Labute approximate surface area is 108 Å². The van der Waals surface area contributed by atoms with Crippen molar-refractivity contribution in [2.45, 2.75) is 12.2 Å². The highest BCUT2D eigenvalue weighted by Crippen LogP contribution is 2.19. The van der Waals surface area contributed by atoms with Gasteiger partial charge in [0.2, 0.25) is 5.91 Å². The zero-order valence-corrected chi connectivity index (χ0v) is 10.8. The van der Waals surface area contributed by atoms with Crippen molar-refractivity contribution in [3.63, 3.8) is 0 Å². The van der Waals surface area contributed by atoms with Crippen LogP contribution in [-0.2, 0) is 4.79 Å². The Morgan fingerprint density at radius 2 is 2.35 bits per heavy atom. The predicted octanol–water partition coefficient (Wildman–Crippen LogP) is 2.53. The van der Waals surface area contributed by atoms with Gasteiger partial charge in [0.15, 0.2) is 0 Å². The topological polar surface area (TPSA) is 49.3 Å². The number of aliphatic hydroxyl groups excluding tert-OH is 1. The third kappa shape index (κ3) is 4.93. The van der Waals surface area contributed by atoms with E-state index in [-0.39, 0.29) is 28.5 Å². The molecule has 0 aromatic heterocycles. The average molecular weight is 278 g/mol. The van der Waals surface area contributed by atoms with E-state index in [4.69, 9.17) is 16.7 Å². The molecule has 1 amide bonds. The van der Waals surface area contributed by atoms with Crippen LogP contribution < -0.4 is 5.32 Å². The fourth-order valence-corrected chi connectivity index (χ4v) is 1.84. The van der Waals surface area contributed by atoms with Gasteiger partial charge in [-0.25, -0.2) is 4.39 Å². The Bertz CT molecular complexity index is 403. The minimum Gasteiger partial charge on any atom is -0.395 e. The summed E-state index contributed by atoms with van der Waals surface area (Å²) < 4.78 is 12.9. The SMILES string of the molecule is CC(CO)SCC(=O)Nc1ccc(F)c(Cl)c1. The third-order valence-electron chi connectivity index (χ3n) is 1.96. The number of nitrogens with one attached hydrogen (secondary N) is 1. The van der Waals surface area contributed by atoms with Crippen molar-refractivity contribution >= 4 is 35.0 Å². The lowest BCUT2D eigenvalue weighted by molar-refractivity contribution is -0.113. The molecular formula is C11H13ClFNO2S. The summed E-state index contributed by atoms with van der Waals surface area (Å²) in [5, 5.41) is 11.4. The second-order valence-electron chi connectivity index (χ2n) is 3.48. The first-order chi connectivity index (χ1) is 8.02. The lowest BCUT2D eigenvalue weighted by Crippen LogP contribution is -2.16. The molecule has 1 aromatic carbocycles. The van der Waals surface area contributed by atoms with E-state index in [1.807, 2.05) is 6.92 Å². The maximum absolute atomic E-state index is 12.9. The standard InChI is InChI=1S/C11H13ClFNO2S/c1-7(5-15)17-6-11(16)14-8-2-3-10(13)9(12)4-8/h2-4,7,15H,5-6H2,1H3,(H,14,16). The molecule has 94 valence electrons. The molecule has 6 heteroatoms. The van der Waals surface area contributed by atoms with Crippen molar-refractivity contribution in [2.75, 3.05) is 17.7 Å². The first-order valence-electron chi connectivity index (χ1n) is 5.00. The number of carbonyl (C=O) groups excluding carboxylic acids is 1. The average Bonchev–Trinajstić information content (AvgIpc) is 2.31. The summed E-state index contributed by atoms with van der Waals surface area (Å²) in [7, 11) is 0. The first-order valence-corrected chi connectivity index (χ1v) is 6.43. The smallest absolute Gasteiger partial charge is 0.234 e. The van der Waals surface area contributed by atoms with Gasteiger partial charge in [-0.2, -0.15) is 0 Å². The summed E-state index contributed by atoms with van der Waals surface area (Å²) in [5.74, 6) is -0.498. The zero-order chi connectivity index (χ0) is 12.8. The minimum atomic E-state index is -0.520. The van der Waals surface area contributed by atoms with Crippen LogP contribution in [0, 0.1) is 5.82 Å². The molecule has 0 heterocycles. The quantitative estimate of drug-likeness (QED) is 0.870. The van der Waals surface area contributed by atoms with Crippen molar-refractivity contribution < 1.29 is 14.3 Å². The van der Waals surface area contributed by atoms with Crippen LogP contribution in [0.25, 0.3) is 0 Å². The van der Waals surface area contributed by atoms with E-state index in [1.165, 1.54) is 30.0 Å². The van der Waals surface area contributed by atoms with E-state index in [9.17, 15) is 9.18 Å². The van der Waals surface area contributed by atoms with E-state index >= 15 is 0 Å². The van der Waals surface area contributed by atoms with Gasteiger partial charge >= 0.3 is 0 Å². The van der Waals surface area contributed by atoms with Crippen LogP contribution in [0.2, 0.25) is 5.02 Å². The molecule has 0 radical (unpaired) electrons. The van der Waals surface area contributed by atoms with E-state index in [2.05, 4.69) is 5.32 Å². The molecule has 0 saturated carbocycles. The van der Waals surface area contributed by atoms with E-state index in [0.717, 1.165) is 0 Å². The zero-order valence-electron chi connectivity index (χ0n) is 9.24. The molecule has 0 fully saturated rings. The molecule has 0 bridgehead atoms. The monoisotopic (exact) mass is 277 g/mol. The number of thioether (sulfide) groups is 1. The van der Waals surface area contributed by atoms with Crippen molar-refractivity contribution in [2.24, 2.45) is 0 Å². The second-order valence-corrected chi connectivity index (χ2v) is 5.32. The molecule has 1 unspecified atom stereocenters. The second kappa shape index (κ2) is 6.83. The Morgan fingerprint density at radius 1 is 1.65 bits per heavy atom. The summed E-state index contributed by atoms with van der Waals surface area (Å²) in [5.41, 5.74) is 0.457. The third-order valence-corrected chi connectivity index (χ3v) is 3.40. The largest absolute Gasteiger partial charge is 0.395 e. The van der Waals surface area contributed by atoms with Gasteiger partial charge in [-0.3, -0.25) is 4.79 Å². The Kier molecular flexibility index (Phi) is 5.74. The van der Waals surface area contributed by atoms with E-state index in [1.54, 1.807) is 0 Å². The van der Waals surface area contributed by atoms with Crippen LogP contribution in [-0.4, -0.2) is 28.6 Å². The molecular weight excluding hydrogens is 265 g/mol. The Hall–Kier alpha value is -0.780. The van der Waals surface area contributed by atoms with E-state index in [0.29, 0.717) is 5.69 Å². The van der Waals surface area contributed by atoms with Gasteiger partial charge in [0.25, 0.3) is 0 Å². The van der Waals surface area contributed by atoms with Gasteiger partial charge in [-0.05, 0) is 18.2 Å². The predicted molar refractivity (Wildman–Crippen MR) is 69.0 cm³/mol. The van der Waals surface area contributed by atoms with Crippen LogP contribution >= 0.6 is 23.4 Å². The maximum Gasteiger partial charge on any atom is 0.234 e. The molecule has 0 aliphatic carbocycles. The molecule has 1 rings (SSSR count). The number of halogens is 2. The molecule has 1 atom stereocenters. The lowest BCUT2D eigenvalue weighted by atomic mass is 10.3. The van der Waals surface area contributed by atoms with Crippen LogP contribution in [0.4, 0.5) is 10.1 Å². The highest BCUT2D eigenvalue weighted by Gasteiger charge is 2.07. The summed E-state index contributed by atoms with van der Waals surface area (Å²) in [6.07, 6.45) is 0. The van der Waals surface area contributed by atoms with Gasteiger partial charge in [0.05, 0.1) is 17.4 Å². The highest BCUT2D eigenvalue weighted by atomic mass is 35.5. The number of hydrogen-bond acceptors (Lipinski definition) is 3. The molecule has 0 spiro atoms. The summed E-state index contributed by atoms with van der Waals surface area (Å²) in [6, 6.07) is 4.00. The maximum atomic E-state index is 12.9.